The minimum absolute atomic E-state index is 0.0612. The molecule has 8 nitrogen and oxygen atoms in total. The summed E-state index contributed by atoms with van der Waals surface area (Å²) in [5, 5.41) is 14.6. The second kappa shape index (κ2) is 10.1. The van der Waals surface area contributed by atoms with Gasteiger partial charge < -0.3 is 15.0 Å². The van der Waals surface area contributed by atoms with Crippen molar-refractivity contribution >= 4 is 23.0 Å². The van der Waals surface area contributed by atoms with Gasteiger partial charge in [-0.05, 0) is 42.0 Å². The average molecular weight is 447 g/mol. The van der Waals surface area contributed by atoms with Crippen LogP contribution in [0.3, 0.4) is 0 Å². The largest absolute Gasteiger partial charge is 0.497 e. The van der Waals surface area contributed by atoms with Crippen LogP contribution in [0, 0.1) is 10.1 Å². The van der Waals surface area contributed by atoms with Gasteiger partial charge in [0.15, 0.2) is 0 Å². The van der Waals surface area contributed by atoms with Gasteiger partial charge in [0.1, 0.15) is 11.4 Å². The first-order chi connectivity index (χ1) is 16.0. The molecule has 0 unspecified atom stereocenters. The molecular weight excluding hydrogens is 420 g/mol. The number of piperazine rings is 1. The molecule has 0 atom stereocenters. The highest BCUT2D eigenvalue weighted by atomic mass is 16.6. The molecule has 3 aromatic rings. The molecule has 0 aliphatic carbocycles. The number of anilines is 2. The van der Waals surface area contributed by atoms with Gasteiger partial charge in [0.2, 0.25) is 0 Å². The number of nitrogens with one attached hydrogen (secondary N) is 1. The highest BCUT2D eigenvalue weighted by Gasteiger charge is 2.25. The second-order valence-corrected chi connectivity index (χ2v) is 7.89. The molecule has 1 amide bonds. The summed E-state index contributed by atoms with van der Waals surface area (Å²) < 4.78 is 5.11. The Bertz CT molecular complexity index is 1110. The number of nitrogens with zero attached hydrogens (tertiary/aromatic N) is 3. The first kappa shape index (κ1) is 22.3. The number of amides is 1. The van der Waals surface area contributed by atoms with E-state index < -0.39 is 10.8 Å². The zero-order valence-corrected chi connectivity index (χ0v) is 18.4. The molecule has 0 bridgehead atoms. The van der Waals surface area contributed by atoms with Gasteiger partial charge in [-0.15, -0.1) is 0 Å². The normalized spacial score (nSPS) is 14.0. The molecule has 8 heteroatoms. The van der Waals surface area contributed by atoms with Crippen molar-refractivity contribution in [1.82, 2.24) is 4.90 Å². The van der Waals surface area contributed by atoms with E-state index in [9.17, 15) is 14.9 Å². The number of hydrogen-bond acceptors (Lipinski definition) is 6. The molecule has 1 N–H and O–H groups in total. The van der Waals surface area contributed by atoms with Crippen LogP contribution in [-0.4, -0.2) is 49.0 Å². The lowest BCUT2D eigenvalue weighted by molar-refractivity contribution is -0.384. The summed E-state index contributed by atoms with van der Waals surface area (Å²) in [5.41, 5.74) is 2.56. The lowest BCUT2D eigenvalue weighted by Gasteiger charge is -2.35. The molecule has 170 valence electrons. The van der Waals surface area contributed by atoms with Crippen LogP contribution in [0.25, 0.3) is 0 Å². The van der Waals surface area contributed by atoms with Crippen molar-refractivity contribution in [2.24, 2.45) is 0 Å². The molecule has 1 heterocycles. The van der Waals surface area contributed by atoms with Crippen molar-refractivity contribution in [3.63, 3.8) is 0 Å². The topological polar surface area (TPSA) is 88.0 Å². The minimum Gasteiger partial charge on any atom is -0.497 e. The first-order valence-electron chi connectivity index (χ1n) is 10.8. The van der Waals surface area contributed by atoms with Gasteiger partial charge in [-0.1, -0.05) is 30.3 Å². The number of nitro groups is 1. The standard InChI is InChI=1S/C25H26N4O4/c1-33-22-10-8-21(9-11-22)26-25(30)20-7-12-23(24(17-20)29(31)32)28-15-13-27(14-16-28)18-19-5-3-2-4-6-19/h2-12,17H,13-16,18H2,1H3,(H,26,30). The van der Waals surface area contributed by atoms with Crippen LogP contribution in [-0.2, 0) is 6.54 Å². The van der Waals surface area contributed by atoms with E-state index >= 15 is 0 Å². The van der Waals surface area contributed by atoms with Gasteiger partial charge >= 0.3 is 0 Å². The lowest BCUT2D eigenvalue weighted by Crippen LogP contribution is -2.46. The molecule has 0 radical (unpaired) electrons. The Balaban J connectivity index is 1.43. The number of ether oxygens (including phenoxy) is 1. The fourth-order valence-corrected chi connectivity index (χ4v) is 3.94. The monoisotopic (exact) mass is 446 g/mol. The average Bonchev–Trinajstić information content (AvgIpc) is 2.85. The maximum Gasteiger partial charge on any atom is 0.293 e. The Hall–Kier alpha value is -3.91. The number of carbonyl (C=O) groups is 1. The van der Waals surface area contributed by atoms with Crippen LogP contribution in [0.2, 0.25) is 0 Å². The molecule has 0 aromatic heterocycles. The summed E-state index contributed by atoms with van der Waals surface area (Å²) in [6.07, 6.45) is 0. The summed E-state index contributed by atoms with van der Waals surface area (Å²) in [7, 11) is 1.57. The van der Waals surface area contributed by atoms with Gasteiger partial charge in [0, 0.05) is 50.0 Å². The van der Waals surface area contributed by atoms with E-state index in [-0.39, 0.29) is 11.3 Å². The molecule has 33 heavy (non-hydrogen) atoms. The summed E-state index contributed by atoms with van der Waals surface area (Å²) in [6, 6.07) is 21.8. The Morgan fingerprint density at radius 1 is 1.00 bits per heavy atom. The Kier molecular flexibility index (Phi) is 6.85. The summed E-state index contributed by atoms with van der Waals surface area (Å²) in [5.74, 6) is 0.277. The zero-order valence-electron chi connectivity index (χ0n) is 18.4. The number of methoxy groups -OCH3 is 1. The van der Waals surface area contributed by atoms with Gasteiger partial charge in [0.25, 0.3) is 11.6 Å². The van der Waals surface area contributed by atoms with Crippen LogP contribution in [0.15, 0.2) is 72.8 Å². The van der Waals surface area contributed by atoms with Crippen molar-refractivity contribution in [3.05, 3.63) is 94.0 Å². The Morgan fingerprint density at radius 3 is 2.33 bits per heavy atom. The third kappa shape index (κ3) is 5.48. The second-order valence-electron chi connectivity index (χ2n) is 7.89. The highest BCUT2D eigenvalue weighted by Crippen LogP contribution is 2.30. The molecule has 3 aromatic carbocycles. The zero-order chi connectivity index (χ0) is 23.2. The predicted molar refractivity (Wildman–Crippen MR) is 128 cm³/mol. The van der Waals surface area contributed by atoms with Crippen LogP contribution in [0.4, 0.5) is 17.1 Å². The van der Waals surface area contributed by atoms with Crippen LogP contribution in [0.5, 0.6) is 5.75 Å². The Morgan fingerprint density at radius 2 is 1.70 bits per heavy atom. The fraction of sp³-hybridized carbons (Fsp3) is 0.240. The van der Waals surface area contributed by atoms with Crippen LogP contribution >= 0.6 is 0 Å². The van der Waals surface area contributed by atoms with E-state index in [1.807, 2.05) is 23.1 Å². The minimum atomic E-state index is -0.421. The first-order valence-corrected chi connectivity index (χ1v) is 10.8. The van der Waals surface area contributed by atoms with E-state index in [2.05, 4.69) is 22.3 Å². The molecule has 1 aliphatic rings. The van der Waals surface area contributed by atoms with Crippen molar-refractivity contribution < 1.29 is 14.5 Å². The van der Waals surface area contributed by atoms with Crippen molar-refractivity contribution in [3.8, 4) is 5.75 Å². The molecule has 0 saturated carbocycles. The van der Waals surface area contributed by atoms with E-state index in [1.165, 1.54) is 11.6 Å². The maximum atomic E-state index is 12.7. The van der Waals surface area contributed by atoms with Gasteiger partial charge in [-0.2, -0.15) is 0 Å². The quantitative estimate of drug-likeness (QED) is 0.433. The van der Waals surface area contributed by atoms with E-state index in [0.717, 1.165) is 19.6 Å². The summed E-state index contributed by atoms with van der Waals surface area (Å²) in [6.45, 7) is 3.86. The molecule has 1 fully saturated rings. The Labute approximate surface area is 192 Å². The van der Waals surface area contributed by atoms with Gasteiger partial charge in [-0.3, -0.25) is 19.8 Å². The molecule has 4 rings (SSSR count). The molecule has 1 aliphatic heterocycles. The van der Waals surface area contributed by atoms with Crippen LogP contribution < -0.4 is 15.0 Å². The lowest BCUT2D eigenvalue weighted by atomic mass is 10.1. The summed E-state index contributed by atoms with van der Waals surface area (Å²) >= 11 is 0. The van der Waals surface area contributed by atoms with Crippen molar-refractivity contribution in [2.75, 3.05) is 43.5 Å². The van der Waals surface area contributed by atoms with E-state index in [4.69, 9.17) is 4.74 Å². The summed E-state index contributed by atoms with van der Waals surface area (Å²) in [4.78, 5) is 28.4. The predicted octanol–water partition coefficient (Wildman–Crippen LogP) is 4.18. The van der Waals surface area contributed by atoms with Gasteiger partial charge in [-0.25, -0.2) is 0 Å². The molecular formula is C25H26N4O4. The number of hydrogen-bond donors (Lipinski definition) is 1. The third-order valence-electron chi connectivity index (χ3n) is 5.74. The highest BCUT2D eigenvalue weighted by molar-refractivity contribution is 6.05. The SMILES string of the molecule is COc1ccc(NC(=O)c2ccc(N3CCN(Cc4ccccc4)CC3)c([N+](=O)[O-])c2)cc1. The smallest absolute Gasteiger partial charge is 0.293 e. The van der Waals surface area contributed by atoms with Crippen molar-refractivity contribution in [2.45, 2.75) is 6.54 Å². The maximum absolute atomic E-state index is 12.7. The fourth-order valence-electron chi connectivity index (χ4n) is 3.94. The number of rotatable bonds is 7. The number of nitro benzene ring substituents is 1. The third-order valence-corrected chi connectivity index (χ3v) is 5.74. The van der Waals surface area contributed by atoms with Crippen LogP contribution in [0.1, 0.15) is 15.9 Å². The molecule has 1 saturated heterocycles. The van der Waals surface area contributed by atoms with E-state index in [1.54, 1.807) is 43.5 Å². The van der Waals surface area contributed by atoms with Crippen molar-refractivity contribution in [1.29, 1.82) is 0 Å². The molecule has 0 spiro atoms. The van der Waals surface area contributed by atoms with E-state index in [0.29, 0.717) is 30.2 Å². The van der Waals surface area contributed by atoms with Gasteiger partial charge in [0.05, 0.1) is 12.0 Å². The number of carbonyl (C=O) groups excluding carboxylic acids is 1. The number of benzene rings is 3.